The smallest absolute Gasteiger partial charge is 0.0324 e. The first-order valence-electron chi connectivity index (χ1n) is 4.55. The molecule has 0 amide bonds. The Morgan fingerprint density at radius 1 is 1.09 bits per heavy atom. The molecule has 0 spiro atoms. The maximum Gasteiger partial charge on any atom is -0.0324 e. The first kappa shape index (κ1) is 13.1. The van der Waals surface area contributed by atoms with Crippen molar-refractivity contribution in [3.63, 3.8) is 0 Å². The molecule has 0 aliphatic carbocycles. The molecule has 0 atom stereocenters. The Balaban J connectivity index is 0. The maximum absolute atomic E-state index is 2.22. The van der Waals surface area contributed by atoms with E-state index in [1.54, 1.807) is 0 Å². The van der Waals surface area contributed by atoms with Crippen molar-refractivity contribution in [3.8, 4) is 0 Å². The molecule has 0 aromatic heterocycles. The lowest BCUT2D eigenvalue weighted by molar-refractivity contribution is 0.664. The number of hydrogen-bond donors (Lipinski definition) is 0. The summed E-state index contributed by atoms with van der Waals surface area (Å²) in [6.45, 7) is 10.5. The zero-order valence-corrected chi connectivity index (χ0v) is 8.59. The molecule has 0 rings (SSSR count). The van der Waals surface area contributed by atoms with Crippen molar-refractivity contribution in [2.75, 3.05) is 0 Å². The Kier molecular flexibility index (Phi) is 14.5. The summed E-state index contributed by atoms with van der Waals surface area (Å²) >= 11 is 0. The first-order valence-corrected chi connectivity index (χ1v) is 4.55. The third-order valence-corrected chi connectivity index (χ3v) is 1.05. The van der Waals surface area contributed by atoms with Gasteiger partial charge in [-0.05, 0) is 19.3 Å². The molecule has 11 heavy (non-hydrogen) atoms. The van der Waals surface area contributed by atoms with Crippen molar-refractivity contribution >= 4 is 0 Å². The van der Waals surface area contributed by atoms with Gasteiger partial charge in [-0.1, -0.05) is 52.0 Å². The number of hydrogen-bond acceptors (Lipinski definition) is 0. The van der Waals surface area contributed by atoms with E-state index >= 15 is 0 Å². The molecule has 0 heteroatoms. The standard InChI is InChI=1S/C9H16.C2H6/c1-4-5-6-7-8-9(2)3;1-2/h4-7,9H,8H2,1-3H3;1-2H3/b5-4-,7-6-;. The van der Waals surface area contributed by atoms with Crippen LogP contribution < -0.4 is 0 Å². The summed E-state index contributed by atoms with van der Waals surface area (Å²) in [6, 6.07) is 0. The van der Waals surface area contributed by atoms with Crippen LogP contribution in [0.2, 0.25) is 0 Å². The Bertz CT molecular complexity index is 96.6. The fraction of sp³-hybridized carbons (Fsp3) is 0.636. The van der Waals surface area contributed by atoms with Crippen LogP contribution in [0.25, 0.3) is 0 Å². The van der Waals surface area contributed by atoms with Gasteiger partial charge in [0, 0.05) is 0 Å². The van der Waals surface area contributed by atoms with E-state index < -0.39 is 0 Å². The summed E-state index contributed by atoms with van der Waals surface area (Å²) in [6.07, 6.45) is 9.58. The average molecular weight is 154 g/mol. The molecule has 66 valence electrons. The average Bonchev–Trinajstić information content (AvgIpc) is 2.02. The molecule has 0 aromatic carbocycles. The second-order valence-corrected chi connectivity index (χ2v) is 2.58. The second kappa shape index (κ2) is 12.2. The third-order valence-electron chi connectivity index (χ3n) is 1.05. The monoisotopic (exact) mass is 154 g/mol. The molecule has 0 aliphatic rings. The number of rotatable bonds is 3. The molecule has 0 nitrogen and oxygen atoms in total. The van der Waals surface area contributed by atoms with Crippen LogP contribution in [0.1, 0.15) is 41.0 Å². The largest absolute Gasteiger partial charge is 0.0877 e. The van der Waals surface area contributed by atoms with Crippen LogP contribution in [0.15, 0.2) is 24.3 Å². The van der Waals surface area contributed by atoms with Gasteiger partial charge in [0.05, 0.1) is 0 Å². The van der Waals surface area contributed by atoms with Crippen LogP contribution in [0, 0.1) is 5.92 Å². The summed E-state index contributed by atoms with van der Waals surface area (Å²) < 4.78 is 0. The van der Waals surface area contributed by atoms with Crippen molar-refractivity contribution < 1.29 is 0 Å². The highest BCUT2D eigenvalue weighted by atomic mass is 13.9. The van der Waals surface area contributed by atoms with Crippen molar-refractivity contribution in [1.82, 2.24) is 0 Å². The second-order valence-electron chi connectivity index (χ2n) is 2.58. The van der Waals surface area contributed by atoms with Crippen LogP contribution in [0.3, 0.4) is 0 Å². The minimum atomic E-state index is 0.784. The van der Waals surface area contributed by atoms with Gasteiger partial charge < -0.3 is 0 Å². The van der Waals surface area contributed by atoms with E-state index in [1.165, 1.54) is 6.42 Å². The molecule has 0 aromatic rings. The molecule has 0 heterocycles. The molecule has 0 N–H and O–H groups in total. The zero-order chi connectivity index (χ0) is 9.11. The Morgan fingerprint density at radius 3 is 2.00 bits per heavy atom. The normalized spacial score (nSPS) is 10.7. The van der Waals surface area contributed by atoms with Gasteiger partial charge >= 0.3 is 0 Å². The Labute approximate surface area is 72.0 Å². The van der Waals surface area contributed by atoms with Crippen molar-refractivity contribution in [3.05, 3.63) is 24.3 Å². The molecular weight excluding hydrogens is 132 g/mol. The highest BCUT2D eigenvalue weighted by molar-refractivity contribution is 5.00. The van der Waals surface area contributed by atoms with Gasteiger partial charge in [0.2, 0.25) is 0 Å². The van der Waals surface area contributed by atoms with Gasteiger partial charge in [0.15, 0.2) is 0 Å². The molecule has 0 fully saturated rings. The molecule has 0 bridgehead atoms. The zero-order valence-electron chi connectivity index (χ0n) is 8.59. The maximum atomic E-state index is 2.22. The minimum Gasteiger partial charge on any atom is -0.0877 e. The molecule has 0 saturated heterocycles. The molecule has 0 saturated carbocycles. The van der Waals surface area contributed by atoms with Gasteiger partial charge in [0.25, 0.3) is 0 Å². The number of allylic oxidation sites excluding steroid dienone is 4. The summed E-state index contributed by atoms with van der Waals surface area (Å²) in [5.41, 5.74) is 0. The van der Waals surface area contributed by atoms with Gasteiger partial charge in [-0.25, -0.2) is 0 Å². The summed E-state index contributed by atoms with van der Waals surface area (Å²) in [5, 5.41) is 0. The summed E-state index contributed by atoms with van der Waals surface area (Å²) in [7, 11) is 0. The van der Waals surface area contributed by atoms with Crippen LogP contribution in [-0.2, 0) is 0 Å². The van der Waals surface area contributed by atoms with E-state index in [2.05, 4.69) is 32.1 Å². The van der Waals surface area contributed by atoms with Crippen LogP contribution in [0.5, 0.6) is 0 Å². The fourth-order valence-electron chi connectivity index (χ4n) is 0.540. The van der Waals surface area contributed by atoms with Crippen molar-refractivity contribution in [1.29, 1.82) is 0 Å². The third kappa shape index (κ3) is 17.7. The molecule has 0 radical (unpaired) electrons. The molecule has 0 unspecified atom stereocenters. The summed E-state index contributed by atoms with van der Waals surface area (Å²) in [5.74, 6) is 0.784. The van der Waals surface area contributed by atoms with E-state index in [0.29, 0.717) is 0 Å². The van der Waals surface area contributed by atoms with Gasteiger partial charge in [-0.2, -0.15) is 0 Å². The van der Waals surface area contributed by atoms with E-state index in [-0.39, 0.29) is 0 Å². The topological polar surface area (TPSA) is 0 Å². The van der Waals surface area contributed by atoms with E-state index in [1.807, 2.05) is 26.8 Å². The van der Waals surface area contributed by atoms with Crippen molar-refractivity contribution in [2.45, 2.75) is 41.0 Å². The van der Waals surface area contributed by atoms with Gasteiger partial charge in [-0.3, -0.25) is 0 Å². The van der Waals surface area contributed by atoms with E-state index in [9.17, 15) is 0 Å². The van der Waals surface area contributed by atoms with E-state index in [0.717, 1.165) is 5.92 Å². The quantitative estimate of drug-likeness (QED) is 0.535. The van der Waals surface area contributed by atoms with Crippen LogP contribution in [0.4, 0.5) is 0 Å². The lowest BCUT2D eigenvalue weighted by Crippen LogP contribution is -1.80. The lowest BCUT2D eigenvalue weighted by Gasteiger charge is -1.94. The van der Waals surface area contributed by atoms with E-state index in [4.69, 9.17) is 0 Å². The Hall–Kier alpha value is -0.520. The molecular formula is C11H22. The lowest BCUT2D eigenvalue weighted by atomic mass is 10.1. The first-order chi connectivity index (χ1) is 5.27. The fourth-order valence-corrected chi connectivity index (χ4v) is 0.540. The minimum absolute atomic E-state index is 0.784. The van der Waals surface area contributed by atoms with Gasteiger partial charge in [0.1, 0.15) is 0 Å². The predicted molar refractivity (Wildman–Crippen MR) is 54.8 cm³/mol. The van der Waals surface area contributed by atoms with Crippen molar-refractivity contribution in [2.24, 2.45) is 5.92 Å². The SMILES string of the molecule is C/C=C\C=C/CC(C)C.CC. The Morgan fingerprint density at radius 2 is 1.64 bits per heavy atom. The predicted octanol–water partition coefficient (Wildman–Crippen LogP) is 4.19. The van der Waals surface area contributed by atoms with Crippen LogP contribution in [-0.4, -0.2) is 0 Å². The summed E-state index contributed by atoms with van der Waals surface area (Å²) in [4.78, 5) is 0. The highest BCUT2D eigenvalue weighted by Gasteiger charge is 1.84. The van der Waals surface area contributed by atoms with Gasteiger partial charge in [-0.15, -0.1) is 0 Å². The highest BCUT2D eigenvalue weighted by Crippen LogP contribution is 1.99. The molecule has 0 aliphatic heterocycles. The van der Waals surface area contributed by atoms with Crippen LogP contribution >= 0.6 is 0 Å².